The number of aromatic carboxylic acids is 1. The van der Waals surface area contributed by atoms with Crippen LogP contribution in [0.4, 0.5) is 0 Å². The van der Waals surface area contributed by atoms with Crippen molar-refractivity contribution in [2.45, 2.75) is 17.4 Å². The second-order valence-corrected chi connectivity index (χ2v) is 4.44. The van der Waals surface area contributed by atoms with E-state index in [1.807, 2.05) is 6.07 Å². The summed E-state index contributed by atoms with van der Waals surface area (Å²) in [4.78, 5) is 11.9. The van der Waals surface area contributed by atoms with Gasteiger partial charge in [-0.3, -0.25) is 0 Å². The number of benzene rings is 1. The lowest BCUT2D eigenvalue weighted by Gasteiger charge is -2.21. The van der Waals surface area contributed by atoms with E-state index in [0.717, 1.165) is 22.6 Å². The highest BCUT2D eigenvalue weighted by Crippen LogP contribution is 2.35. The maximum atomic E-state index is 10.7. The lowest BCUT2D eigenvalue weighted by atomic mass is 10.0. The predicted molar refractivity (Wildman–Crippen MR) is 62.9 cm³/mol. The maximum absolute atomic E-state index is 10.7. The molecule has 0 radical (unpaired) electrons. The van der Waals surface area contributed by atoms with E-state index >= 15 is 0 Å². The fraction of sp³-hybridized carbons (Fsp3) is 0.300. The molecule has 0 aromatic heterocycles. The molecule has 15 heavy (non-hydrogen) atoms. The zero-order chi connectivity index (χ0) is 10.1. The molecule has 1 unspecified atom stereocenters. The third-order valence-electron chi connectivity index (χ3n) is 2.34. The van der Waals surface area contributed by atoms with Gasteiger partial charge in [0.25, 0.3) is 0 Å². The minimum absolute atomic E-state index is 0. The number of carbonyl (C=O) groups is 1. The molecular formula is C10H12ClNO2S. The van der Waals surface area contributed by atoms with Crippen LogP contribution in [0.1, 0.15) is 28.4 Å². The molecule has 3 N–H and O–H groups in total. The predicted octanol–water partition coefficient (Wildman–Crippen LogP) is 2.30. The molecule has 1 aliphatic rings. The molecule has 0 amide bonds. The normalized spacial score (nSPS) is 18.9. The third-order valence-corrected chi connectivity index (χ3v) is 3.47. The standard InChI is InChI=1S/C10H11NO2S.ClH/c11-8-3-4-14-9-2-1-6(10(12)13)5-7(8)9;/h1-2,5,8H,3-4,11H2,(H,12,13);1H. The molecule has 0 fully saturated rings. The quantitative estimate of drug-likeness (QED) is 0.797. The molecule has 0 spiro atoms. The number of nitrogens with two attached hydrogens (primary N) is 1. The van der Waals surface area contributed by atoms with Crippen LogP contribution in [0.3, 0.4) is 0 Å². The first kappa shape index (κ1) is 12.4. The Hall–Kier alpha value is -0.710. The Balaban J connectivity index is 0.00000112. The minimum atomic E-state index is -0.893. The molecule has 2 rings (SSSR count). The zero-order valence-electron chi connectivity index (χ0n) is 7.97. The number of hydrogen-bond donors (Lipinski definition) is 2. The van der Waals surface area contributed by atoms with Crippen molar-refractivity contribution < 1.29 is 9.90 Å². The van der Waals surface area contributed by atoms with E-state index in [-0.39, 0.29) is 18.4 Å². The van der Waals surface area contributed by atoms with Crippen LogP contribution < -0.4 is 5.73 Å². The van der Waals surface area contributed by atoms with E-state index in [2.05, 4.69) is 0 Å². The summed E-state index contributed by atoms with van der Waals surface area (Å²) in [5, 5.41) is 8.83. The first-order valence-electron chi connectivity index (χ1n) is 4.44. The summed E-state index contributed by atoms with van der Waals surface area (Å²) in [5.74, 6) is 0.121. The van der Waals surface area contributed by atoms with Crippen LogP contribution in [0.15, 0.2) is 23.1 Å². The summed E-state index contributed by atoms with van der Waals surface area (Å²) in [6.07, 6.45) is 0.917. The molecule has 0 saturated carbocycles. The van der Waals surface area contributed by atoms with Crippen molar-refractivity contribution in [3.63, 3.8) is 0 Å². The molecule has 82 valence electrons. The fourth-order valence-corrected chi connectivity index (χ4v) is 2.69. The van der Waals surface area contributed by atoms with Gasteiger partial charge in [0.05, 0.1) is 5.56 Å². The van der Waals surface area contributed by atoms with Crippen molar-refractivity contribution in [3.8, 4) is 0 Å². The van der Waals surface area contributed by atoms with Crippen molar-refractivity contribution in [2.24, 2.45) is 5.73 Å². The van der Waals surface area contributed by atoms with Gasteiger partial charge in [0.15, 0.2) is 0 Å². The van der Waals surface area contributed by atoms with E-state index in [1.54, 1.807) is 23.9 Å². The largest absolute Gasteiger partial charge is 0.478 e. The number of hydrogen-bond acceptors (Lipinski definition) is 3. The number of rotatable bonds is 1. The van der Waals surface area contributed by atoms with Crippen LogP contribution in [0, 0.1) is 0 Å². The first-order chi connectivity index (χ1) is 6.68. The Labute approximate surface area is 98.5 Å². The Morgan fingerprint density at radius 3 is 2.93 bits per heavy atom. The van der Waals surface area contributed by atoms with E-state index in [0.29, 0.717) is 5.56 Å². The average Bonchev–Trinajstić information content (AvgIpc) is 2.18. The second kappa shape index (κ2) is 4.88. The Bertz CT molecular complexity index is 384. The summed E-state index contributed by atoms with van der Waals surface area (Å²) in [6, 6.07) is 5.16. The number of carboxylic acid groups (broad SMARTS) is 1. The van der Waals surface area contributed by atoms with Crippen molar-refractivity contribution in [1.29, 1.82) is 0 Å². The van der Waals surface area contributed by atoms with E-state index in [1.165, 1.54) is 0 Å². The van der Waals surface area contributed by atoms with Gasteiger partial charge in [0.2, 0.25) is 0 Å². The van der Waals surface area contributed by atoms with Crippen molar-refractivity contribution in [1.82, 2.24) is 0 Å². The summed E-state index contributed by atoms with van der Waals surface area (Å²) in [6.45, 7) is 0. The van der Waals surface area contributed by atoms with E-state index in [4.69, 9.17) is 10.8 Å². The number of halogens is 1. The second-order valence-electron chi connectivity index (χ2n) is 3.30. The van der Waals surface area contributed by atoms with Gasteiger partial charge in [-0.05, 0) is 35.9 Å². The van der Waals surface area contributed by atoms with E-state index < -0.39 is 5.97 Å². The molecule has 0 bridgehead atoms. The van der Waals surface area contributed by atoms with Gasteiger partial charge in [-0.25, -0.2) is 4.79 Å². The smallest absolute Gasteiger partial charge is 0.335 e. The summed E-state index contributed by atoms with van der Waals surface area (Å²) < 4.78 is 0. The van der Waals surface area contributed by atoms with Gasteiger partial charge < -0.3 is 10.8 Å². The van der Waals surface area contributed by atoms with Crippen LogP contribution in [0.25, 0.3) is 0 Å². The molecule has 0 saturated heterocycles. The highest BCUT2D eigenvalue weighted by molar-refractivity contribution is 7.99. The topological polar surface area (TPSA) is 63.3 Å². The Morgan fingerprint density at radius 1 is 1.53 bits per heavy atom. The fourth-order valence-electron chi connectivity index (χ4n) is 1.55. The molecule has 1 aromatic rings. The lowest BCUT2D eigenvalue weighted by Crippen LogP contribution is -2.16. The third kappa shape index (κ3) is 2.45. The SMILES string of the molecule is Cl.NC1CCSc2ccc(C(=O)O)cc21. The van der Waals surface area contributed by atoms with Crippen molar-refractivity contribution in [2.75, 3.05) is 5.75 Å². The highest BCUT2D eigenvalue weighted by atomic mass is 35.5. The molecule has 1 heterocycles. The average molecular weight is 246 g/mol. The van der Waals surface area contributed by atoms with Gasteiger partial charge >= 0.3 is 5.97 Å². The van der Waals surface area contributed by atoms with Gasteiger partial charge in [-0.15, -0.1) is 24.2 Å². The maximum Gasteiger partial charge on any atom is 0.335 e. The highest BCUT2D eigenvalue weighted by Gasteiger charge is 2.18. The van der Waals surface area contributed by atoms with Crippen LogP contribution >= 0.6 is 24.2 Å². The first-order valence-corrected chi connectivity index (χ1v) is 5.42. The van der Waals surface area contributed by atoms with Gasteiger partial charge in [0.1, 0.15) is 0 Å². The van der Waals surface area contributed by atoms with Crippen molar-refractivity contribution >= 4 is 30.1 Å². The van der Waals surface area contributed by atoms with Crippen LogP contribution in [0.5, 0.6) is 0 Å². The lowest BCUT2D eigenvalue weighted by molar-refractivity contribution is 0.0696. The van der Waals surface area contributed by atoms with Crippen molar-refractivity contribution in [3.05, 3.63) is 29.3 Å². The molecule has 1 aliphatic heterocycles. The molecule has 1 aromatic carbocycles. The summed E-state index contributed by atoms with van der Waals surface area (Å²) in [7, 11) is 0. The monoisotopic (exact) mass is 245 g/mol. The minimum Gasteiger partial charge on any atom is -0.478 e. The summed E-state index contributed by atoms with van der Waals surface area (Å²) in [5.41, 5.74) is 7.20. The molecule has 3 nitrogen and oxygen atoms in total. The Kier molecular flexibility index (Phi) is 4.02. The number of thioether (sulfide) groups is 1. The van der Waals surface area contributed by atoms with Crippen LogP contribution in [-0.2, 0) is 0 Å². The zero-order valence-corrected chi connectivity index (χ0v) is 9.61. The molecule has 1 atom stereocenters. The van der Waals surface area contributed by atoms with Crippen LogP contribution in [0.2, 0.25) is 0 Å². The molecule has 5 heteroatoms. The molecule has 0 aliphatic carbocycles. The van der Waals surface area contributed by atoms with Crippen LogP contribution in [-0.4, -0.2) is 16.8 Å². The van der Waals surface area contributed by atoms with Gasteiger partial charge in [-0.2, -0.15) is 0 Å². The Morgan fingerprint density at radius 2 is 2.27 bits per heavy atom. The number of carboxylic acids is 1. The summed E-state index contributed by atoms with van der Waals surface area (Å²) >= 11 is 1.74. The molecular weight excluding hydrogens is 234 g/mol. The van der Waals surface area contributed by atoms with Gasteiger partial charge in [0, 0.05) is 10.9 Å². The van der Waals surface area contributed by atoms with Gasteiger partial charge in [-0.1, -0.05) is 0 Å². The van der Waals surface area contributed by atoms with E-state index in [9.17, 15) is 4.79 Å². The number of fused-ring (bicyclic) bond motifs is 1.